The summed E-state index contributed by atoms with van der Waals surface area (Å²) in [7, 11) is 0. The fourth-order valence-electron chi connectivity index (χ4n) is 2.05. The van der Waals surface area contributed by atoms with Crippen molar-refractivity contribution >= 4 is 0 Å². The first-order valence-corrected chi connectivity index (χ1v) is 6.09. The van der Waals surface area contributed by atoms with Gasteiger partial charge in [0.15, 0.2) is 18.0 Å². The fourth-order valence-corrected chi connectivity index (χ4v) is 2.05. The Labute approximate surface area is 114 Å². The minimum absolute atomic E-state index is 0.232. The molecule has 20 heavy (non-hydrogen) atoms. The normalized spacial score (nSPS) is 47.8. The lowest BCUT2D eigenvalue weighted by atomic mass is 9.99. The molecule has 2 aliphatic rings. The molecule has 2 heterocycles. The number of ether oxygens (including phenoxy) is 3. The summed E-state index contributed by atoms with van der Waals surface area (Å²) in [6, 6.07) is 1.82. The number of aliphatic hydroxyl groups is 5. The summed E-state index contributed by atoms with van der Waals surface area (Å²) in [6.07, 6.45) is -7.72. The summed E-state index contributed by atoms with van der Waals surface area (Å²) in [5.41, 5.74) is -1.16. The van der Waals surface area contributed by atoms with E-state index in [-0.39, 0.29) is 6.61 Å². The van der Waals surface area contributed by atoms with Crippen LogP contribution in [0.25, 0.3) is 0 Å². The molecular weight excluding hydrogens is 274 g/mol. The van der Waals surface area contributed by atoms with E-state index in [1.165, 1.54) is 0 Å². The van der Waals surface area contributed by atoms with Crippen molar-refractivity contribution in [3.8, 4) is 6.07 Å². The number of hydrogen-bond donors (Lipinski definition) is 5. The average molecular weight is 291 g/mol. The molecule has 0 aromatic rings. The number of rotatable bonds is 5. The highest BCUT2D eigenvalue weighted by atomic mass is 16.7. The van der Waals surface area contributed by atoms with Crippen LogP contribution in [0.5, 0.6) is 0 Å². The standard InChI is InChI=1S/C11H17NO8/c12-1-6-11(3-14,20-6)4-18-10-9(17)8(16)7(15)5(2-13)19-10/h5-10,13-17H,2-4H2/t5-,6+,7-,8+,9-,10-,11-/m1/s1. The predicted molar refractivity (Wildman–Crippen MR) is 60.0 cm³/mol. The molecule has 0 aromatic heterocycles. The molecule has 0 radical (unpaired) electrons. The molecule has 0 amide bonds. The zero-order valence-electron chi connectivity index (χ0n) is 10.5. The van der Waals surface area contributed by atoms with E-state index in [0.717, 1.165) is 0 Å². The van der Waals surface area contributed by atoms with Crippen LogP contribution in [0.3, 0.4) is 0 Å². The zero-order valence-corrected chi connectivity index (χ0v) is 10.5. The molecule has 5 N–H and O–H groups in total. The van der Waals surface area contributed by atoms with Gasteiger partial charge in [-0.2, -0.15) is 5.26 Å². The van der Waals surface area contributed by atoms with E-state index < -0.39 is 55.6 Å². The number of aliphatic hydroxyl groups excluding tert-OH is 5. The van der Waals surface area contributed by atoms with E-state index >= 15 is 0 Å². The Morgan fingerprint density at radius 3 is 2.35 bits per heavy atom. The van der Waals surface area contributed by atoms with E-state index in [4.69, 9.17) is 29.7 Å². The molecule has 2 rings (SSSR count). The second-order valence-corrected chi connectivity index (χ2v) is 4.86. The van der Waals surface area contributed by atoms with Gasteiger partial charge in [0.25, 0.3) is 0 Å². The van der Waals surface area contributed by atoms with E-state index in [0.29, 0.717) is 0 Å². The fraction of sp³-hybridized carbons (Fsp3) is 0.909. The van der Waals surface area contributed by atoms with Crippen LogP contribution in [0, 0.1) is 11.3 Å². The molecular formula is C11H17NO8. The Balaban J connectivity index is 1.94. The monoisotopic (exact) mass is 291 g/mol. The smallest absolute Gasteiger partial charge is 0.186 e. The van der Waals surface area contributed by atoms with Crippen LogP contribution < -0.4 is 0 Å². The molecule has 7 atom stereocenters. The van der Waals surface area contributed by atoms with E-state index in [1.807, 2.05) is 6.07 Å². The van der Waals surface area contributed by atoms with Crippen LogP contribution in [-0.2, 0) is 14.2 Å². The van der Waals surface area contributed by atoms with Gasteiger partial charge in [0.1, 0.15) is 24.4 Å². The third-order valence-electron chi connectivity index (χ3n) is 3.50. The molecule has 9 heteroatoms. The highest BCUT2D eigenvalue weighted by molar-refractivity contribution is 5.14. The van der Waals surface area contributed by atoms with Gasteiger partial charge in [0, 0.05) is 0 Å². The Hall–Kier alpha value is -0.830. The predicted octanol–water partition coefficient (Wildman–Crippen LogP) is -3.54. The molecule has 0 bridgehead atoms. The maximum Gasteiger partial charge on any atom is 0.186 e. The number of epoxide rings is 1. The molecule has 2 aliphatic heterocycles. The van der Waals surface area contributed by atoms with Gasteiger partial charge in [0.05, 0.1) is 25.9 Å². The lowest BCUT2D eigenvalue weighted by Crippen LogP contribution is -2.59. The Bertz CT molecular complexity index is 385. The lowest BCUT2D eigenvalue weighted by Gasteiger charge is -2.39. The zero-order chi connectivity index (χ0) is 14.9. The quantitative estimate of drug-likeness (QED) is 0.324. The molecule has 2 fully saturated rings. The van der Waals surface area contributed by atoms with Gasteiger partial charge in [-0.1, -0.05) is 0 Å². The molecule has 0 unspecified atom stereocenters. The van der Waals surface area contributed by atoms with Gasteiger partial charge in [-0.15, -0.1) is 0 Å². The first-order valence-electron chi connectivity index (χ1n) is 6.09. The third kappa shape index (κ3) is 2.65. The number of hydrogen-bond acceptors (Lipinski definition) is 9. The molecule has 114 valence electrons. The van der Waals surface area contributed by atoms with Gasteiger partial charge < -0.3 is 39.7 Å². The number of nitrogens with zero attached hydrogens (tertiary/aromatic N) is 1. The van der Waals surface area contributed by atoms with Crippen molar-refractivity contribution < 1.29 is 39.7 Å². The van der Waals surface area contributed by atoms with Crippen molar-refractivity contribution in [1.82, 2.24) is 0 Å². The Morgan fingerprint density at radius 2 is 1.85 bits per heavy atom. The third-order valence-corrected chi connectivity index (χ3v) is 3.50. The maximum atomic E-state index is 9.72. The van der Waals surface area contributed by atoms with Crippen molar-refractivity contribution in [3.63, 3.8) is 0 Å². The maximum absolute atomic E-state index is 9.72. The molecule has 0 saturated carbocycles. The Morgan fingerprint density at radius 1 is 1.15 bits per heavy atom. The van der Waals surface area contributed by atoms with Gasteiger partial charge in [0.2, 0.25) is 0 Å². The number of nitriles is 1. The molecule has 0 aliphatic carbocycles. The largest absolute Gasteiger partial charge is 0.394 e. The van der Waals surface area contributed by atoms with Gasteiger partial charge >= 0.3 is 0 Å². The minimum atomic E-state index is -1.54. The van der Waals surface area contributed by atoms with Crippen LogP contribution in [0.2, 0.25) is 0 Å². The summed E-state index contributed by atoms with van der Waals surface area (Å²) in [5, 5.41) is 55.7. The van der Waals surface area contributed by atoms with E-state index in [9.17, 15) is 15.3 Å². The van der Waals surface area contributed by atoms with Crippen molar-refractivity contribution in [2.45, 2.75) is 42.4 Å². The van der Waals surface area contributed by atoms with Crippen LogP contribution >= 0.6 is 0 Å². The van der Waals surface area contributed by atoms with E-state index in [2.05, 4.69) is 0 Å². The van der Waals surface area contributed by atoms with Crippen molar-refractivity contribution in [2.75, 3.05) is 19.8 Å². The van der Waals surface area contributed by atoms with Crippen molar-refractivity contribution in [1.29, 1.82) is 5.26 Å². The van der Waals surface area contributed by atoms with Crippen LogP contribution in [0.4, 0.5) is 0 Å². The first kappa shape index (κ1) is 15.6. The topological polar surface area (TPSA) is 156 Å². The molecule has 0 spiro atoms. The highest BCUT2D eigenvalue weighted by Gasteiger charge is 2.58. The molecule has 0 aromatic carbocycles. The van der Waals surface area contributed by atoms with Crippen LogP contribution in [-0.4, -0.2) is 87.8 Å². The van der Waals surface area contributed by atoms with Crippen LogP contribution in [0.1, 0.15) is 0 Å². The molecule has 2 saturated heterocycles. The summed E-state index contributed by atoms with van der Waals surface area (Å²) in [4.78, 5) is 0. The summed E-state index contributed by atoms with van der Waals surface area (Å²) in [6.45, 7) is -1.24. The van der Waals surface area contributed by atoms with Crippen molar-refractivity contribution in [2.24, 2.45) is 0 Å². The second kappa shape index (κ2) is 5.88. The molecule has 9 nitrogen and oxygen atoms in total. The lowest BCUT2D eigenvalue weighted by molar-refractivity contribution is -0.303. The second-order valence-electron chi connectivity index (χ2n) is 4.86. The first-order chi connectivity index (χ1) is 9.49. The average Bonchev–Trinajstić information content (AvgIpc) is 3.18. The van der Waals surface area contributed by atoms with Crippen molar-refractivity contribution in [3.05, 3.63) is 0 Å². The van der Waals surface area contributed by atoms with Gasteiger partial charge in [-0.05, 0) is 0 Å². The van der Waals surface area contributed by atoms with Gasteiger partial charge in [-0.25, -0.2) is 0 Å². The minimum Gasteiger partial charge on any atom is -0.394 e. The summed E-state index contributed by atoms with van der Waals surface area (Å²) >= 11 is 0. The highest BCUT2D eigenvalue weighted by Crippen LogP contribution is 2.36. The SMILES string of the molecule is N#C[C@@H]1O[C@]1(CO)CO[C@@H]1O[C@H](CO)[C@@H](O)[C@H](O)[C@H]1O. The summed E-state index contributed by atoms with van der Waals surface area (Å²) in [5.74, 6) is 0. The Kier molecular flexibility index (Phi) is 4.58. The van der Waals surface area contributed by atoms with E-state index in [1.54, 1.807) is 0 Å². The van der Waals surface area contributed by atoms with Crippen LogP contribution in [0.15, 0.2) is 0 Å². The van der Waals surface area contributed by atoms with Gasteiger partial charge in [-0.3, -0.25) is 0 Å². The summed E-state index contributed by atoms with van der Waals surface area (Å²) < 4.78 is 15.3.